The highest BCUT2D eigenvalue weighted by Gasteiger charge is 2.21. The molecule has 2 heterocycles. The van der Waals surface area contributed by atoms with Crippen LogP contribution >= 0.6 is 12.4 Å². The zero-order valence-electron chi connectivity index (χ0n) is 13.5. The number of aryl methyl sites for hydroxylation is 2. The molecule has 1 amide bonds. The van der Waals surface area contributed by atoms with Crippen molar-refractivity contribution in [2.24, 2.45) is 0 Å². The van der Waals surface area contributed by atoms with Crippen LogP contribution in [0.1, 0.15) is 50.7 Å². The van der Waals surface area contributed by atoms with Gasteiger partial charge in [0.1, 0.15) is 0 Å². The van der Waals surface area contributed by atoms with E-state index in [4.69, 9.17) is 4.52 Å². The van der Waals surface area contributed by atoms with Gasteiger partial charge in [-0.15, -0.1) is 12.4 Å². The van der Waals surface area contributed by atoms with E-state index in [1.807, 2.05) is 11.9 Å². The predicted octanol–water partition coefficient (Wildman–Crippen LogP) is 1.98. The second-order valence-corrected chi connectivity index (χ2v) is 5.69. The summed E-state index contributed by atoms with van der Waals surface area (Å²) in [4.78, 5) is 18.4. The van der Waals surface area contributed by atoms with Gasteiger partial charge >= 0.3 is 0 Å². The van der Waals surface area contributed by atoms with Gasteiger partial charge in [-0.3, -0.25) is 4.79 Å². The molecular formula is C15H27ClN4O2. The number of aromatic nitrogens is 2. The lowest BCUT2D eigenvalue weighted by Gasteiger charge is -2.31. The predicted molar refractivity (Wildman–Crippen MR) is 87.1 cm³/mol. The molecule has 0 bridgehead atoms. The smallest absolute Gasteiger partial charge is 0.226 e. The maximum Gasteiger partial charge on any atom is 0.226 e. The van der Waals surface area contributed by atoms with Crippen molar-refractivity contribution in [3.63, 3.8) is 0 Å². The first-order valence-corrected chi connectivity index (χ1v) is 7.98. The molecule has 0 saturated carbocycles. The van der Waals surface area contributed by atoms with Crippen molar-refractivity contribution in [1.29, 1.82) is 0 Å². The van der Waals surface area contributed by atoms with Gasteiger partial charge in [0.15, 0.2) is 5.82 Å². The molecule has 1 N–H and O–H groups in total. The molecule has 1 aromatic rings. The molecule has 7 heteroatoms. The summed E-state index contributed by atoms with van der Waals surface area (Å²) in [5.41, 5.74) is 0. The second kappa shape index (κ2) is 9.79. The minimum atomic E-state index is 0. The van der Waals surface area contributed by atoms with Gasteiger partial charge in [0.2, 0.25) is 11.8 Å². The Labute approximate surface area is 138 Å². The molecule has 0 unspecified atom stereocenters. The number of rotatable bonds is 7. The number of amides is 1. The molecule has 1 fully saturated rings. The summed E-state index contributed by atoms with van der Waals surface area (Å²) in [6.45, 7) is 4.10. The highest BCUT2D eigenvalue weighted by Crippen LogP contribution is 2.12. The van der Waals surface area contributed by atoms with Crippen molar-refractivity contribution in [3.8, 4) is 0 Å². The Balaban J connectivity index is 0.00000242. The third-order valence-electron chi connectivity index (χ3n) is 4.01. The number of nitrogens with one attached hydrogen (secondary N) is 1. The molecule has 6 nitrogen and oxygen atoms in total. The van der Waals surface area contributed by atoms with Gasteiger partial charge in [0.25, 0.3) is 0 Å². The Morgan fingerprint density at radius 2 is 2.09 bits per heavy atom. The molecule has 1 saturated heterocycles. The number of nitrogens with zero attached hydrogens (tertiary/aromatic N) is 3. The first-order chi connectivity index (χ1) is 10.2. The van der Waals surface area contributed by atoms with Gasteiger partial charge in [0.05, 0.1) is 0 Å². The van der Waals surface area contributed by atoms with Gasteiger partial charge in [0, 0.05) is 32.4 Å². The third kappa shape index (κ3) is 5.57. The first-order valence-electron chi connectivity index (χ1n) is 7.98. The average Bonchev–Trinajstić information content (AvgIpc) is 2.95. The van der Waals surface area contributed by atoms with Crippen LogP contribution in [0.25, 0.3) is 0 Å². The molecule has 0 radical (unpaired) electrons. The summed E-state index contributed by atoms with van der Waals surface area (Å²) in [5.74, 6) is 1.64. The number of hydrogen-bond donors (Lipinski definition) is 1. The fraction of sp³-hybridized carbons (Fsp3) is 0.800. The third-order valence-corrected chi connectivity index (χ3v) is 4.01. The van der Waals surface area contributed by atoms with Crippen molar-refractivity contribution in [3.05, 3.63) is 11.7 Å². The molecular weight excluding hydrogens is 304 g/mol. The molecule has 0 spiro atoms. The fourth-order valence-corrected chi connectivity index (χ4v) is 2.68. The molecule has 1 aromatic heterocycles. The molecule has 0 aliphatic carbocycles. The van der Waals surface area contributed by atoms with Crippen molar-refractivity contribution in [2.45, 2.75) is 57.9 Å². The Morgan fingerprint density at radius 1 is 1.36 bits per heavy atom. The summed E-state index contributed by atoms with van der Waals surface area (Å²) in [5, 5.41) is 7.24. The van der Waals surface area contributed by atoms with E-state index in [0.717, 1.165) is 51.0 Å². The van der Waals surface area contributed by atoms with Crippen LogP contribution in [-0.4, -0.2) is 47.1 Å². The van der Waals surface area contributed by atoms with Gasteiger partial charge in [-0.1, -0.05) is 12.1 Å². The largest absolute Gasteiger partial charge is 0.343 e. The lowest BCUT2D eigenvalue weighted by Crippen LogP contribution is -2.43. The SMILES string of the molecule is CCCc1noc(CCCC(=O)N(C)C2CCNCC2)n1.Cl. The lowest BCUT2D eigenvalue weighted by molar-refractivity contribution is -0.132. The zero-order chi connectivity index (χ0) is 15.1. The Kier molecular flexibility index (Phi) is 8.42. The second-order valence-electron chi connectivity index (χ2n) is 5.69. The van der Waals surface area contributed by atoms with Crippen LogP contribution in [0.2, 0.25) is 0 Å². The van der Waals surface area contributed by atoms with Gasteiger partial charge in [-0.2, -0.15) is 4.98 Å². The van der Waals surface area contributed by atoms with Crippen LogP contribution < -0.4 is 5.32 Å². The number of hydrogen-bond acceptors (Lipinski definition) is 5. The summed E-state index contributed by atoms with van der Waals surface area (Å²) in [7, 11) is 1.92. The monoisotopic (exact) mass is 330 g/mol. The average molecular weight is 331 g/mol. The normalized spacial score (nSPS) is 15.4. The van der Waals surface area contributed by atoms with Crippen LogP contribution in [0.5, 0.6) is 0 Å². The summed E-state index contributed by atoms with van der Waals surface area (Å²) >= 11 is 0. The molecule has 1 aliphatic rings. The van der Waals surface area contributed by atoms with Crippen LogP contribution in [0.4, 0.5) is 0 Å². The molecule has 126 valence electrons. The Hall–Kier alpha value is -1.14. The van der Waals surface area contributed by atoms with E-state index in [9.17, 15) is 4.79 Å². The topological polar surface area (TPSA) is 71.3 Å². The molecule has 1 aliphatic heterocycles. The lowest BCUT2D eigenvalue weighted by atomic mass is 10.0. The van der Waals surface area contributed by atoms with Crippen LogP contribution in [-0.2, 0) is 17.6 Å². The summed E-state index contributed by atoms with van der Waals surface area (Å²) < 4.78 is 5.18. The van der Waals surface area contributed by atoms with E-state index < -0.39 is 0 Å². The van der Waals surface area contributed by atoms with Gasteiger partial charge in [-0.05, 0) is 38.8 Å². The first kappa shape index (κ1) is 18.9. The van der Waals surface area contributed by atoms with E-state index in [2.05, 4.69) is 22.4 Å². The van der Waals surface area contributed by atoms with Crippen LogP contribution in [0.3, 0.4) is 0 Å². The van der Waals surface area contributed by atoms with Crippen LogP contribution in [0, 0.1) is 0 Å². The van der Waals surface area contributed by atoms with Crippen molar-refractivity contribution in [2.75, 3.05) is 20.1 Å². The maximum atomic E-state index is 12.2. The van der Waals surface area contributed by atoms with Gasteiger partial charge < -0.3 is 14.7 Å². The van der Waals surface area contributed by atoms with E-state index >= 15 is 0 Å². The quantitative estimate of drug-likeness (QED) is 0.827. The van der Waals surface area contributed by atoms with E-state index in [0.29, 0.717) is 24.8 Å². The highest BCUT2D eigenvalue weighted by molar-refractivity contribution is 5.85. The standard InChI is InChI=1S/C15H26N4O2.ClH/c1-3-5-13-17-14(21-18-13)6-4-7-15(20)19(2)12-8-10-16-11-9-12;/h12,16H,3-11H2,1-2H3;1H. The molecule has 22 heavy (non-hydrogen) atoms. The molecule has 0 aromatic carbocycles. The van der Waals surface area contributed by atoms with Gasteiger partial charge in [-0.25, -0.2) is 0 Å². The number of carbonyl (C=O) groups excluding carboxylic acids is 1. The minimum Gasteiger partial charge on any atom is -0.343 e. The van der Waals surface area contributed by atoms with Crippen molar-refractivity contribution in [1.82, 2.24) is 20.4 Å². The maximum absolute atomic E-state index is 12.2. The summed E-state index contributed by atoms with van der Waals surface area (Å²) in [6.07, 6.45) is 5.95. The number of piperidine rings is 1. The molecule has 0 atom stereocenters. The number of halogens is 1. The fourth-order valence-electron chi connectivity index (χ4n) is 2.68. The molecule has 2 rings (SSSR count). The van der Waals surface area contributed by atoms with E-state index in [1.165, 1.54) is 0 Å². The van der Waals surface area contributed by atoms with Crippen molar-refractivity contribution < 1.29 is 9.32 Å². The number of carbonyl (C=O) groups is 1. The van der Waals surface area contributed by atoms with E-state index in [-0.39, 0.29) is 18.3 Å². The highest BCUT2D eigenvalue weighted by atomic mass is 35.5. The Morgan fingerprint density at radius 3 is 2.77 bits per heavy atom. The zero-order valence-corrected chi connectivity index (χ0v) is 14.3. The van der Waals surface area contributed by atoms with E-state index in [1.54, 1.807) is 0 Å². The Bertz CT molecular complexity index is 447. The van der Waals surface area contributed by atoms with Crippen molar-refractivity contribution >= 4 is 18.3 Å². The van der Waals surface area contributed by atoms with Crippen LogP contribution in [0.15, 0.2) is 4.52 Å². The minimum absolute atomic E-state index is 0. The summed E-state index contributed by atoms with van der Waals surface area (Å²) in [6, 6.07) is 0.387.